The summed E-state index contributed by atoms with van der Waals surface area (Å²) in [7, 11) is 4.09. The molecule has 1 amide bonds. The molecule has 0 bridgehead atoms. The molecule has 1 aliphatic heterocycles. The van der Waals surface area contributed by atoms with Crippen molar-refractivity contribution in [1.29, 1.82) is 0 Å². The third-order valence-electron chi connectivity index (χ3n) is 2.71. The summed E-state index contributed by atoms with van der Waals surface area (Å²) in [5, 5.41) is 6.23. The number of carbonyl (C=O) groups is 1. The zero-order chi connectivity index (χ0) is 11.1. The SMILES string of the molecule is CN(C)CCCNC(=O)[C@@H]1CCCCN1. The molecule has 15 heavy (non-hydrogen) atoms. The van der Waals surface area contributed by atoms with Crippen molar-refractivity contribution in [2.45, 2.75) is 31.7 Å². The van der Waals surface area contributed by atoms with Crippen LogP contribution in [-0.4, -0.2) is 50.6 Å². The van der Waals surface area contributed by atoms with E-state index < -0.39 is 0 Å². The Morgan fingerprint density at radius 1 is 1.47 bits per heavy atom. The Kier molecular flexibility index (Phi) is 5.65. The Balaban J connectivity index is 2.07. The molecule has 0 saturated carbocycles. The number of rotatable bonds is 5. The fourth-order valence-electron chi connectivity index (χ4n) is 1.81. The van der Waals surface area contributed by atoms with E-state index in [0.29, 0.717) is 0 Å². The molecule has 4 nitrogen and oxygen atoms in total. The molecule has 4 heteroatoms. The first kappa shape index (κ1) is 12.5. The standard InChI is InChI=1S/C11H23N3O/c1-14(2)9-5-8-13-11(15)10-6-3-4-7-12-10/h10,12H,3-9H2,1-2H3,(H,13,15)/t10-/m0/s1. The Hall–Kier alpha value is -0.610. The number of amides is 1. The highest BCUT2D eigenvalue weighted by atomic mass is 16.2. The summed E-state index contributed by atoms with van der Waals surface area (Å²) >= 11 is 0. The summed E-state index contributed by atoms with van der Waals surface area (Å²) in [6.07, 6.45) is 4.37. The van der Waals surface area contributed by atoms with Crippen LogP contribution in [0.1, 0.15) is 25.7 Å². The van der Waals surface area contributed by atoms with Gasteiger partial charge in [-0.05, 0) is 46.4 Å². The molecule has 0 spiro atoms. The minimum absolute atomic E-state index is 0.0538. The number of hydrogen-bond donors (Lipinski definition) is 2. The molecule has 0 aliphatic carbocycles. The van der Waals surface area contributed by atoms with Crippen LogP contribution in [0.15, 0.2) is 0 Å². The maximum Gasteiger partial charge on any atom is 0.237 e. The van der Waals surface area contributed by atoms with Crippen LogP contribution in [-0.2, 0) is 4.79 Å². The second-order valence-electron chi connectivity index (χ2n) is 4.45. The van der Waals surface area contributed by atoms with Gasteiger partial charge in [-0.25, -0.2) is 0 Å². The van der Waals surface area contributed by atoms with Gasteiger partial charge in [0, 0.05) is 6.54 Å². The monoisotopic (exact) mass is 213 g/mol. The van der Waals surface area contributed by atoms with E-state index in [2.05, 4.69) is 15.5 Å². The summed E-state index contributed by atoms with van der Waals surface area (Å²) in [4.78, 5) is 13.8. The second-order valence-corrected chi connectivity index (χ2v) is 4.45. The predicted molar refractivity (Wildman–Crippen MR) is 61.8 cm³/mol. The molecule has 0 aromatic rings. The van der Waals surface area contributed by atoms with Crippen LogP contribution < -0.4 is 10.6 Å². The third kappa shape index (κ3) is 5.14. The Morgan fingerprint density at radius 2 is 2.27 bits per heavy atom. The molecule has 1 saturated heterocycles. The van der Waals surface area contributed by atoms with Gasteiger partial charge in [-0.1, -0.05) is 6.42 Å². The van der Waals surface area contributed by atoms with Gasteiger partial charge in [0.1, 0.15) is 0 Å². The Labute approximate surface area is 92.4 Å². The van der Waals surface area contributed by atoms with Crippen molar-refractivity contribution in [3.05, 3.63) is 0 Å². The van der Waals surface area contributed by atoms with Gasteiger partial charge >= 0.3 is 0 Å². The predicted octanol–water partition coefficient (Wildman–Crippen LogP) is 0.196. The maximum atomic E-state index is 11.7. The van der Waals surface area contributed by atoms with Crippen molar-refractivity contribution in [3.63, 3.8) is 0 Å². The Morgan fingerprint density at radius 3 is 2.87 bits per heavy atom. The zero-order valence-electron chi connectivity index (χ0n) is 9.88. The van der Waals surface area contributed by atoms with Gasteiger partial charge in [0.15, 0.2) is 0 Å². The number of piperidine rings is 1. The van der Waals surface area contributed by atoms with E-state index in [1.807, 2.05) is 14.1 Å². The summed E-state index contributed by atoms with van der Waals surface area (Å²) < 4.78 is 0. The van der Waals surface area contributed by atoms with Crippen molar-refractivity contribution < 1.29 is 4.79 Å². The number of carbonyl (C=O) groups excluding carboxylic acids is 1. The molecule has 0 radical (unpaired) electrons. The quantitative estimate of drug-likeness (QED) is 0.641. The lowest BCUT2D eigenvalue weighted by molar-refractivity contribution is -0.123. The van der Waals surface area contributed by atoms with E-state index >= 15 is 0 Å². The van der Waals surface area contributed by atoms with Gasteiger partial charge in [0.2, 0.25) is 5.91 Å². The lowest BCUT2D eigenvalue weighted by atomic mass is 10.0. The van der Waals surface area contributed by atoms with Gasteiger partial charge in [0.25, 0.3) is 0 Å². The first-order valence-corrected chi connectivity index (χ1v) is 5.86. The lowest BCUT2D eigenvalue weighted by Crippen LogP contribution is -2.47. The number of nitrogens with one attached hydrogen (secondary N) is 2. The van der Waals surface area contributed by atoms with E-state index in [9.17, 15) is 4.79 Å². The molecule has 1 aliphatic rings. The average molecular weight is 213 g/mol. The van der Waals surface area contributed by atoms with E-state index in [-0.39, 0.29) is 11.9 Å². The molecule has 88 valence electrons. The number of nitrogens with zero attached hydrogens (tertiary/aromatic N) is 1. The van der Waals surface area contributed by atoms with Crippen LogP contribution in [0.5, 0.6) is 0 Å². The Bertz CT molecular complexity index is 188. The molecular formula is C11H23N3O. The first-order chi connectivity index (χ1) is 7.20. The van der Waals surface area contributed by atoms with Crippen LogP contribution in [0.25, 0.3) is 0 Å². The van der Waals surface area contributed by atoms with Crippen molar-refractivity contribution in [2.75, 3.05) is 33.7 Å². The molecular weight excluding hydrogens is 190 g/mol. The molecule has 1 atom stereocenters. The van der Waals surface area contributed by atoms with Crippen LogP contribution in [0.3, 0.4) is 0 Å². The van der Waals surface area contributed by atoms with Crippen molar-refractivity contribution in [1.82, 2.24) is 15.5 Å². The molecule has 1 rings (SSSR count). The molecule has 0 unspecified atom stereocenters. The molecule has 2 N–H and O–H groups in total. The van der Waals surface area contributed by atoms with E-state index in [0.717, 1.165) is 32.5 Å². The van der Waals surface area contributed by atoms with E-state index in [1.54, 1.807) is 0 Å². The zero-order valence-corrected chi connectivity index (χ0v) is 9.88. The minimum Gasteiger partial charge on any atom is -0.355 e. The van der Waals surface area contributed by atoms with Gasteiger partial charge < -0.3 is 15.5 Å². The van der Waals surface area contributed by atoms with Crippen LogP contribution in [0.4, 0.5) is 0 Å². The first-order valence-electron chi connectivity index (χ1n) is 5.86. The van der Waals surface area contributed by atoms with Crippen molar-refractivity contribution in [3.8, 4) is 0 Å². The topological polar surface area (TPSA) is 44.4 Å². The van der Waals surface area contributed by atoms with Gasteiger partial charge in [0.05, 0.1) is 6.04 Å². The molecule has 1 heterocycles. The van der Waals surface area contributed by atoms with E-state index in [1.165, 1.54) is 12.8 Å². The summed E-state index contributed by atoms with van der Waals surface area (Å²) in [6.45, 7) is 2.79. The summed E-state index contributed by atoms with van der Waals surface area (Å²) in [5.74, 6) is 0.174. The minimum atomic E-state index is 0.0538. The van der Waals surface area contributed by atoms with Gasteiger partial charge in [-0.15, -0.1) is 0 Å². The highest BCUT2D eigenvalue weighted by Gasteiger charge is 2.19. The fourth-order valence-corrected chi connectivity index (χ4v) is 1.81. The molecule has 0 aromatic heterocycles. The van der Waals surface area contributed by atoms with Crippen LogP contribution in [0, 0.1) is 0 Å². The largest absolute Gasteiger partial charge is 0.355 e. The molecule has 1 fully saturated rings. The highest BCUT2D eigenvalue weighted by molar-refractivity contribution is 5.81. The average Bonchev–Trinajstić information content (AvgIpc) is 2.25. The summed E-state index contributed by atoms with van der Waals surface area (Å²) in [5.41, 5.74) is 0. The second kappa shape index (κ2) is 6.80. The maximum absolute atomic E-state index is 11.7. The van der Waals surface area contributed by atoms with Crippen molar-refractivity contribution >= 4 is 5.91 Å². The van der Waals surface area contributed by atoms with Crippen molar-refractivity contribution in [2.24, 2.45) is 0 Å². The lowest BCUT2D eigenvalue weighted by Gasteiger charge is -2.22. The van der Waals surface area contributed by atoms with Crippen LogP contribution in [0.2, 0.25) is 0 Å². The van der Waals surface area contributed by atoms with Gasteiger partial charge in [-0.2, -0.15) is 0 Å². The normalized spacial score (nSPS) is 21.7. The number of hydrogen-bond acceptors (Lipinski definition) is 3. The van der Waals surface area contributed by atoms with Crippen LogP contribution >= 0.6 is 0 Å². The third-order valence-corrected chi connectivity index (χ3v) is 2.71. The fraction of sp³-hybridized carbons (Fsp3) is 0.909. The smallest absolute Gasteiger partial charge is 0.237 e. The highest BCUT2D eigenvalue weighted by Crippen LogP contribution is 2.06. The van der Waals surface area contributed by atoms with E-state index in [4.69, 9.17) is 0 Å². The molecule has 0 aromatic carbocycles. The summed E-state index contributed by atoms with van der Waals surface area (Å²) in [6, 6.07) is 0.0538. The van der Waals surface area contributed by atoms with Gasteiger partial charge in [-0.3, -0.25) is 4.79 Å².